The number of thiazole rings is 1. The van der Waals surface area contributed by atoms with Crippen molar-refractivity contribution < 1.29 is 0 Å². The van der Waals surface area contributed by atoms with E-state index in [-0.39, 0.29) is 0 Å². The van der Waals surface area contributed by atoms with Crippen LogP contribution >= 0.6 is 11.3 Å². The SMILES string of the molecule is CCNCc1csc(-c2ccc(N(C)C)cc2)n1. The fraction of sp³-hybridized carbons (Fsp3) is 0.357. The van der Waals surface area contributed by atoms with Crippen LogP contribution in [-0.2, 0) is 6.54 Å². The smallest absolute Gasteiger partial charge is 0.123 e. The molecule has 0 aliphatic rings. The Kier molecular flexibility index (Phi) is 4.33. The zero-order valence-corrected chi connectivity index (χ0v) is 11.9. The first-order chi connectivity index (χ1) is 8.70. The normalized spacial score (nSPS) is 10.6. The lowest BCUT2D eigenvalue weighted by Gasteiger charge is -2.11. The van der Waals surface area contributed by atoms with E-state index in [1.807, 2.05) is 14.1 Å². The van der Waals surface area contributed by atoms with E-state index in [0.29, 0.717) is 0 Å². The Morgan fingerprint density at radius 2 is 1.94 bits per heavy atom. The molecule has 0 fully saturated rings. The predicted octanol–water partition coefficient (Wildman–Crippen LogP) is 2.99. The molecule has 3 nitrogen and oxygen atoms in total. The van der Waals surface area contributed by atoms with Crippen LogP contribution < -0.4 is 10.2 Å². The highest BCUT2D eigenvalue weighted by Gasteiger charge is 2.04. The van der Waals surface area contributed by atoms with Gasteiger partial charge in [0.2, 0.25) is 0 Å². The van der Waals surface area contributed by atoms with Crippen LogP contribution in [0.25, 0.3) is 10.6 Å². The second kappa shape index (κ2) is 5.98. The molecule has 2 aromatic rings. The van der Waals surface area contributed by atoms with Gasteiger partial charge in [-0.05, 0) is 30.8 Å². The van der Waals surface area contributed by atoms with Gasteiger partial charge in [0.1, 0.15) is 5.01 Å². The largest absolute Gasteiger partial charge is 0.378 e. The molecule has 0 atom stereocenters. The molecule has 0 saturated carbocycles. The molecular formula is C14H19N3S. The maximum absolute atomic E-state index is 4.63. The molecule has 2 rings (SSSR count). The van der Waals surface area contributed by atoms with E-state index in [1.54, 1.807) is 11.3 Å². The number of hydrogen-bond acceptors (Lipinski definition) is 4. The molecule has 0 bridgehead atoms. The second-order valence-electron chi connectivity index (χ2n) is 4.37. The maximum atomic E-state index is 4.63. The Morgan fingerprint density at radius 3 is 2.56 bits per heavy atom. The van der Waals surface area contributed by atoms with Gasteiger partial charge in [-0.2, -0.15) is 0 Å². The first-order valence-corrected chi connectivity index (χ1v) is 7.01. The molecule has 0 aliphatic carbocycles. The lowest BCUT2D eigenvalue weighted by molar-refractivity contribution is 0.715. The van der Waals surface area contributed by atoms with E-state index in [1.165, 1.54) is 11.3 Å². The summed E-state index contributed by atoms with van der Waals surface area (Å²) in [7, 11) is 4.10. The third-order valence-electron chi connectivity index (χ3n) is 2.74. The topological polar surface area (TPSA) is 28.2 Å². The van der Waals surface area contributed by atoms with Crippen molar-refractivity contribution in [3.05, 3.63) is 35.3 Å². The molecule has 0 amide bonds. The first kappa shape index (κ1) is 13.1. The summed E-state index contributed by atoms with van der Waals surface area (Å²) in [6, 6.07) is 8.51. The van der Waals surface area contributed by atoms with Crippen LogP contribution in [0.2, 0.25) is 0 Å². The van der Waals surface area contributed by atoms with E-state index in [2.05, 4.69) is 51.8 Å². The van der Waals surface area contributed by atoms with Gasteiger partial charge in [-0.1, -0.05) is 6.92 Å². The van der Waals surface area contributed by atoms with Gasteiger partial charge >= 0.3 is 0 Å². The minimum absolute atomic E-state index is 0.850. The van der Waals surface area contributed by atoms with Gasteiger partial charge in [0.25, 0.3) is 0 Å². The van der Waals surface area contributed by atoms with E-state index in [9.17, 15) is 0 Å². The maximum Gasteiger partial charge on any atom is 0.123 e. The molecule has 18 heavy (non-hydrogen) atoms. The van der Waals surface area contributed by atoms with E-state index < -0.39 is 0 Å². The van der Waals surface area contributed by atoms with Gasteiger partial charge in [0.15, 0.2) is 0 Å². The van der Waals surface area contributed by atoms with E-state index >= 15 is 0 Å². The average Bonchev–Trinajstić information content (AvgIpc) is 2.85. The summed E-state index contributed by atoms with van der Waals surface area (Å²) in [5, 5.41) is 6.50. The third kappa shape index (κ3) is 3.09. The second-order valence-corrected chi connectivity index (χ2v) is 5.22. The van der Waals surface area contributed by atoms with Gasteiger partial charge in [-0.15, -0.1) is 11.3 Å². The van der Waals surface area contributed by atoms with Gasteiger partial charge in [-0.3, -0.25) is 0 Å². The highest BCUT2D eigenvalue weighted by Crippen LogP contribution is 2.25. The summed E-state index contributed by atoms with van der Waals surface area (Å²) in [6.45, 7) is 3.93. The zero-order valence-electron chi connectivity index (χ0n) is 11.1. The summed E-state index contributed by atoms with van der Waals surface area (Å²) < 4.78 is 0. The molecule has 4 heteroatoms. The van der Waals surface area contributed by atoms with Crippen LogP contribution in [0.15, 0.2) is 29.6 Å². The summed E-state index contributed by atoms with van der Waals surface area (Å²) >= 11 is 1.70. The van der Waals surface area contributed by atoms with Gasteiger partial charge < -0.3 is 10.2 Å². The molecular weight excluding hydrogens is 242 g/mol. The highest BCUT2D eigenvalue weighted by atomic mass is 32.1. The van der Waals surface area contributed by atoms with Crippen molar-refractivity contribution in [2.45, 2.75) is 13.5 Å². The van der Waals surface area contributed by atoms with Crippen molar-refractivity contribution in [2.75, 3.05) is 25.5 Å². The number of rotatable bonds is 5. The number of hydrogen-bond donors (Lipinski definition) is 1. The van der Waals surface area contributed by atoms with Crippen LogP contribution in [0.3, 0.4) is 0 Å². The molecule has 96 valence electrons. The van der Waals surface area contributed by atoms with Crippen LogP contribution in [0.1, 0.15) is 12.6 Å². The zero-order chi connectivity index (χ0) is 13.0. The summed E-state index contributed by atoms with van der Waals surface area (Å²) in [6.07, 6.45) is 0. The monoisotopic (exact) mass is 261 g/mol. The summed E-state index contributed by atoms with van der Waals surface area (Å²) in [5.74, 6) is 0. The number of anilines is 1. The van der Waals surface area contributed by atoms with Gasteiger partial charge in [-0.25, -0.2) is 4.98 Å². The molecule has 1 heterocycles. The quantitative estimate of drug-likeness (QED) is 0.897. The molecule has 0 spiro atoms. The molecule has 0 radical (unpaired) electrons. The molecule has 0 unspecified atom stereocenters. The van der Waals surface area contributed by atoms with Crippen molar-refractivity contribution in [3.8, 4) is 10.6 Å². The minimum Gasteiger partial charge on any atom is -0.378 e. The van der Waals surface area contributed by atoms with E-state index in [4.69, 9.17) is 0 Å². The van der Waals surface area contributed by atoms with Crippen molar-refractivity contribution in [2.24, 2.45) is 0 Å². The number of benzene rings is 1. The fourth-order valence-electron chi connectivity index (χ4n) is 1.68. The van der Waals surface area contributed by atoms with Crippen LogP contribution in [0, 0.1) is 0 Å². The number of nitrogens with zero attached hydrogens (tertiary/aromatic N) is 2. The molecule has 1 aromatic carbocycles. The Morgan fingerprint density at radius 1 is 1.22 bits per heavy atom. The number of aromatic nitrogens is 1. The lowest BCUT2D eigenvalue weighted by atomic mass is 10.2. The molecule has 1 aromatic heterocycles. The third-order valence-corrected chi connectivity index (χ3v) is 3.68. The number of nitrogens with one attached hydrogen (secondary N) is 1. The van der Waals surface area contributed by atoms with E-state index in [0.717, 1.165) is 23.8 Å². The Bertz CT molecular complexity index is 488. The molecule has 0 aliphatic heterocycles. The van der Waals surface area contributed by atoms with Gasteiger partial charge in [0, 0.05) is 37.3 Å². The van der Waals surface area contributed by atoms with Gasteiger partial charge in [0.05, 0.1) is 5.69 Å². The molecule has 0 saturated heterocycles. The van der Waals surface area contributed by atoms with Crippen LogP contribution in [0.4, 0.5) is 5.69 Å². The standard InChI is InChI=1S/C14H19N3S/c1-4-15-9-12-10-18-14(16-12)11-5-7-13(8-6-11)17(2)3/h5-8,10,15H,4,9H2,1-3H3. The van der Waals surface area contributed by atoms with Crippen molar-refractivity contribution >= 4 is 17.0 Å². The predicted molar refractivity (Wildman–Crippen MR) is 79.3 cm³/mol. The molecule has 1 N–H and O–H groups in total. The summed E-state index contributed by atoms with van der Waals surface area (Å²) in [5.41, 5.74) is 3.52. The average molecular weight is 261 g/mol. The van der Waals surface area contributed by atoms with Crippen molar-refractivity contribution in [3.63, 3.8) is 0 Å². The minimum atomic E-state index is 0.850. The van der Waals surface area contributed by atoms with Crippen LogP contribution in [0.5, 0.6) is 0 Å². The highest BCUT2D eigenvalue weighted by molar-refractivity contribution is 7.13. The van der Waals surface area contributed by atoms with Crippen LogP contribution in [-0.4, -0.2) is 25.6 Å². The van der Waals surface area contributed by atoms with Crippen molar-refractivity contribution in [1.82, 2.24) is 10.3 Å². The Hall–Kier alpha value is -1.39. The van der Waals surface area contributed by atoms with Crippen molar-refractivity contribution in [1.29, 1.82) is 0 Å². The fourth-order valence-corrected chi connectivity index (χ4v) is 2.50. The summed E-state index contributed by atoms with van der Waals surface area (Å²) in [4.78, 5) is 6.73. The Balaban J connectivity index is 2.13. The lowest BCUT2D eigenvalue weighted by Crippen LogP contribution is -2.11. The Labute approximate surface area is 112 Å². The first-order valence-electron chi connectivity index (χ1n) is 6.13.